The maximum Gasteiger partial charge on any atom is 0.270 e. The minimum Gasteiger partial charge on any atom is -0.872 e. The Bertz CT molecular complexity index is 2420. The van der Waals surface area contributed by atoms with Gasteiger partial charge in [-0.05, 0) is 61.4 Å². The van der Waals surface area contributed by atoms with Crippen molar-refractivity contribution in [2.75, 3.05) is 32.1 Å². The highest BCUT2D eigenvalue weighted by Crippen LogP contribution is 2.58. The Kier molecular flexibility index (Phi) is 7.50. The first-order chi connectivity index (χ1) is 24.1. The van der Waals surface area contributed by atoms with Gasteiger partial charge in [0, 0.05) is 63.5 Å². The molecule has 9 heteroatoms. The number of anilines is 1. The van der Waals surface area contributed by atoms with Gasteiger partial charge >= 0.3 is 0 Å². The lowest BCUT2D eigenvalue weighted by Crippen LogP contribution is -2.30. The van der Waals surface area contributed by atoms with Crippen LogP contribution < -0.4 is 10.0 Å². The summed E-state index contributed by atoms with van der Waals surface area (Å²) in [7, 11) is 3.68. The van der Waals surface area contributed by atoms with Gasteiger partial charge in [-0.2, -0.15) is 0 Å². The van der Waals surface area contributed by atoms with Crippen molar-refractivity contribution in [2.45, 2.75) is 13.8 Å². The van der Waals surface area contributed by atoms with Crippen LogP contribution in [0.25, 0.3) is 37.5 Å². The van der Waals surface area contributed by atoms with E-state index in [0.29, 0.717) is 40.7 Å². The normalized spacial score (nSPS) is 14.6. The predicted molar refractivity (Wildman–Crippen MR) is 192 cm³/mol. The molecule has 9 nitrogen and oxygen atoms in total. The fourth-order valence-electron chi connectivity index (χ4n) is 7.67. The number of aromatic hydroxyl groups is 4. The number of hydrogen-bond donors (Lipinski definition) is 4. The Balaban J connectivity index is 1.74. The third kappa shape index (κ3) is 4.27. The van der Waals surface area contributed by atoms with E-state index in [1.165, 1.54) is 24.3 Å². The summed E-state index contributed by atoms with van der Waals surface area (Å²) in [6.45, 7) is 13.3. The number of allylic oxidation sites excluding steroid dienone is 3. The molecule has 0 radical (unpaired) electrons. The lowest BCUT2D eigenvalue weighted by atomic mass is 9.68. The number of phenolic OH excluding ortho intramolecular Hbond substituents is 4. The summed E-state index contributed by atoms with van der Waals surface area (Å²) < 4.78 is 2.10. The molecular formula is C41H32N4O5. The minimum absolute atomic E-state index is 0.00362. The fraction of sp³-hybridized carbons (Fsp3) is 0.146. The van der Waals surface area contributed by atoms with Crippen LogP contribution in [0.2, 0.25) is 0 Å². The molecule has 5 aromatic rings. The molecule has 0 bridgehead atoms. The summed E-state index contributed by atoms with van der Waals surface area (Å²) in [6.07, 6.45) is 0. The van der Waals surface area contributed by atoms with Gasteiger partial charge in [0.2, 0.25) is 5.71 Å². The van der Waals surface area contributed by atoms with Gasteiger partial charge in [-0.3, -0.25) is 0 Å². The molecule has 2 aliphatic carbocycles. The summed E-state index contributed by atoms with van der Waals surface area (Å²) in [5, 5.41) is 73.0. The van der Waals surface area contributed by atoms with Crippen LogP contribution in [0.3, 0.4) is 0 Å². The molecule has 0 amide bonds. The quantitative estimate of drug-likeness (QED) is 0.0746. The number of benzene rings is 5. The molecule has 0 saturated heterocycles. The molecule has 2 aliphatic rings. The second-order valence-electron chi connectivity index (χ2n) is 12.3. The average Bonchev–Trinajstić information content (AvgIpc) is 3.09. The van der Waals surface area contributed by atoms with Gasteiger partial charge in [-0.15, -0.1) is 0 Å². The largest absolute Gasteiger partial charge is 0.872 e. The van der Waals surface area contributed by atoms with E-state index < -0.39 is 11.5 Å². The Hall–Kier alpha value is -6.71. The van der Waals surface area contributed by atoms with Crippen LogP contribution in [-0.4, -0.2) is 57.9 Å². The Morgan fingerprint density at radius 1 is 0.740 bits per heavy atom. The predicted octanol–water partition coefficient (Wildman–Crippen LogP) is 6.37. The van der Waals surface area contributed by atoms with Crippen LogP contribution in [0, 0.1) is 17.9 Å². The molecule has 7 rings (SSSR count). The molecule has 4 N–H and O–H groups in total. The molecule has 0 aromatic heterocycles. The zero-order chi connectivity index (χ0) is 35.6. The molecule has 0 spiro atoms. The van der Waals surface area contributed by atoms with E-state index in [9.17, 15) is 25.7 Å². The molecule has 0 fully saturated rings. The lowest BCUT2D eigenvalue weighted by molar-refractivity contribution is -0.519. The first-order valence-electron chi connectivity index (χ1n) is 16.1. The zero-order valence-electron chi connectivity index (χ0n) is 27.8. The van der Waals surface area contributed by atoms with E-state index in [-0.39, 0.29) is 72.8 Å². The number of fused-ring (bicyclic) bond motifs is 4. The summed E-state index contributed by atoms with van der Waals surface area (Å²) >= 11 is 0. The van der Waals surface area contributed by atoms with Crippen molar-refractivity contribution in [2.24, 2.45) is 0 Å². The molecular weight excluding hydrogens is 628 g/mol. The van der Waals surface area contributed by atoms with Crippen molar-refractivity contribution in [3.8, 4) is 29.1 Å². The first-order valence-corrected chi connectivity index (χ1v) is 16.1. The Labute approximate surface area is 288 Å². The van der Waals surface area contributed by atoms with E-state index in [1.54, 1.807) is 36.4 Å². The minimum atomic E-state index is -0.576. The third-order valence-corrected chi connectivity index (χ3v) is 9.63. The van der Waals surface area contributed by atoms with E-state index in [0.717, 1.165) is 5.71 Å². The van der Waals surface area contributed by atoms with E-state index >= 15 is 5.11 Å². The Morgan fingerprint density at radius 2 is 1.22 bits per heavy atom. The van der Waals surface area contributed by atoms with Crippen molar-refractivity contribution < 1.29 is 30.1 Å². The third-order valence-electron chi connectivity index (χ3n) is 9.63. The van der Waals surface area contributed by atoms with Crippen LogP contribution in [0.15, 0.2) is 95.4 Å². The Morgan fingerprint density at radius 3 is 1.66 bits per heavy atom. The summed E-state index contributed by atoms with van der Waals surface area (Å²) in [6, 6.07) is 22.0. The van der Waals surface area contributed by atoms with Gasteiger partial charge in [-0.1, -0.05) is 42.2 Å². The topological polar surface area (TPSA) is 138 Å². The SMILES string of the molecule is [C-]#[N+]/C(C#N)=C1\C(=C2c3c(O)cccc3C(=[N+](CC)CC)c3cccc(O)c32)C([O-])=C1c1c2c(O)cccc2c(N(C)C)c2cccc(O)c12. The summed E-state index contributed by atoms with van der Waals surface area (Å²) in [5.41, 5.74) is 3.19. The van der Waals surface area contributed by atoms with Crippen LogP contribution in [0.5, 0.6) is 23.0 Å². The van der Waals surface area contributed by atoms with Crippen molar-refractivity contribution in [3.63, 3.8) is 0 Å². The van der Waals surface area contributed by atoms with Gasteiger partial charge in [0.1, 0.15) is 36.1 Å². The van der Waals surface area contributed by atoms with Crippen molar-refractivity contribution in [3.05, 3.63) is 135 Å². The number of hydrogen-bond acceptors (Lipinski definition) is 7. The maximum atomic E-state index is 15.0. The zero-order valence-corrected chi connectivity index (χ0v) is 27.8. The second-order valence-corrected chi connectivity index (χ2v) is 12.3. The number of nitrogens with zero attached hydrogens (tertiary/aromatic N) is 4. The van der Waals surface area contributed by atoms with Crippen molar-refractivity contribution in [1.29, 1.82) is 5.26 Å². The van der Waals surface area contributed by atoms with Gasteiger partial charge in [-0.25, -0.2) is 14.7 Å². The van der Waals surface area contributed by atoms with Crippen LogP contribution in [0.4, 0.5) is 5.69 Å². The molecule has 0 aliphatic heterocycles. The van der Waals surface area contributed by atoms with Crippen molar-refractivity contribution in [1.82, 2.24) is 0 Å². The van der Waals surface area contributed by atoms with Gasteiger partial charge in [0.05, 0.1) is 29.5 Å². The number of rotatable bonds is 4. The highest BCUT2D eigenvalue weighted by molar-refractivity contribution is 6.27. The maximum absolute atomic E-state index is 15.0. The molecule has 246 valence electrons. The summed E-state index contributed by atoms with van der Waals surface area (Å²) in [4.78, 5) is 5.41. The smallest absolute Gasteiger partial charge is 0.270 e. The highest BCUT2D eigenvalue weighted by atomic mass is 16.3. The van der Waals surface area contributed by atoms with E-state index in [1.807, 2.05) is 51.0 Å². The molecule has 50 heavy (non-hydrogen) atoms. The lowest BCUT2D eigenvalue weighted by Gasteiger charge is -2.41. The second kappa shape index (κ2) is 11.8. The van der Waals surface area contributed by atoms with Crippen LogP contribution >= 0.6 is 0 Å². The van der Waals surface area contributed by atoms with Gasteiger partial charge < -0.3 is 30.4 Å². The standard InChI is InChI=1S/C41H32N4O5/c1-6-45(7-2)40-23-14-10-18-28(48)32(23)36(33-24(40)15-11-19-29(33)49)38-34(25(20-42)43-3)37(41(38)50)35-30-21(12-8-16-26(30)46)39(44(4)5)22-13-9-17-27(47)31(22)35/h8-19H,6-7H2,1-2,4-5H3,(H4-,46,47,48,49,50)/b34-25-. The average molecular weight is 661 g/mol. The summed E-state index contributed by atoms with van der Waals surface area (Å²) in [5.74, 6) is -1.18. The van der Waals surface area contributed by atoms with Crippen LogP contribution in [-0.2, 0) is 0 Å². The van der Waals surface area contributed by atoms with Gasteiger partial charge in [0.25, 0.3) is 5.70 Å². The number of phenols is 4. The first kappa shape index (κ1) is 31.9. The fourth-order valence-corrected chi connectivity index (χ4v) is 7.67. The molecule has 0 unspecified atom stereocenters. The molecule has 0 heterocycles. The monoisotopic (exact) mass is 660 g/mol. The molecule has 0 saturated carbocycles. The van der Waals surface area contributed by atoms with Crippen LogP contribution in [0.1, 0.15) is 41.7 Å². The highest BCUT2D eigenvalue weighted by Gasteiger charge is 2.41. The molecule has 0 atom stereocenters. The molecule has 5 aromatic carbocycles. The van der Waals surface area contributed by atoms with E-state index in [2.05, 4.69) is 9.42 Å². The van der Waals surface area contributed by atoms with Crippen molar-refractivity contribution >= 4 is 44.1 Å². The van der Waals surface area contributed by atoms with E-state index in [4.69, 9.17) is 6.57 Å². The van der Waals surface area contributed by atoms with Gasteiger partial charge in [0.15, 0.2) is 0 Å². The number of nitriles is 1.